The van der Waals surface area contributed by atoms with Crippen LogP contribution in [-0.4, -0.2) is 33.9 Å². The van der Waals surface area contributed by atoms with Gasteiger partial charge in [0.25, 0.3) is 5.56 Å². The van der Waals surface area contributed by atoms with E-state index in [0.29, 0.717) is 17.6 Å². The summed E-state index contributed by atoms with van der Waals surface area (Å²) in [7, 11) is 1.83. The summed E-state index contributed by atoms with van der Waals surface area (Å²) in [6.45, 7) is 0.479. The molecule has 9 nitrogen and oxygen atoms in total. The Bertz CT molecular complexity index is 1480. The van der Waals surface area contributed by atoms with Gasteiger partial charge in [0.05, 0.1) is 30.5 Å². The van der Waals surface area contributed by atoms with Crippen molar-refractivity contribution in [3.63, 3.8) is 0 Å². The second-order valence-corrected chi connectivity index (χ2v) is 7.32. The highest BCUT2D eigenvalue weighted by Gasteiger charge is 2.17. The molecule has 0 aliphatic rings. The van der Waals surface area contributed by atoms with Crippen molar-refractivity contribution >= 4 is 11.0 Å². The van der Waals surface area contributed by atoms with Crippen LogP contribution >= 0.6 is 0 Å². The van der Waals surface area contributed by atoms with E-state index in [9.17, 15) is 9.59 Å². The van der Waals surface area contributed by atoms with E-state index >= 15 is 0 Å². The topological polar surface area (TPSA) is 103 Å². The van der Waals surface area contributed by atoms with Crippen LogP contribution in [0.1, 0.15) is 11.1 Å². The van der Waals surface area contributed by atoms with Crippen LogP contribution in [0.2, 0.25) is 0 Å². The van der Waals surface area contributed by atoms with Crippen LogP contribution in [0.4, 0.5) is 0 Å². The summed E-state index contributed by atoms with van der Waals surface area (Å²) in [5.41, 5.74) is 3.49. The van der Waals surface area contributed by atoms with Crippen molar-refractivity contribution in [2.24, 2.45) is 7.05 Å². The first-order valence-corrected chi connectivity index (χ1v) is 9.73. The summed E-state index contributed by atoms with van der Waals surface area (Å²) in [5.74, 6) is 0. The van der Waals surface area contributed by atoms with Gasteiger partial charge >= 0.3 is 5.69 Å². The van der Waals surface area contributed by atoms with Crippen molar-refractivity contribution in [1.29, 1.82) is 0 Å². The molecule has 5 aromatic rings. The van der Waals surface area contributed by atoms with Gasteiger partial charge < -0.3 is 4.98 Å². The lowest BCUT2D eigenvalue weighted by Gasteiger charge is -2.12. The Balaban J connectivity index is 1.73. The van der Waals surface area contributed by atoms with Crippen molar-refractivity contribution in [2.45, 2.75) is 13.1 Å². The summed E-state index contributed by atoms with van der Waals surface area (Å²) in [4.78, 5) is 38.0. The summed E-state index contributed by atoms with van der Waals surface area (Å²) < 4.78 is 4.55. The first-order chi connectivity index (χ1) is 15.1. The number of hydrogen-bond donors (Lipinski definition) is 1. The van der Waals surface area contributed by atoms with E-state index in [4.69, 9.17) is 0 Å². The predicted molar refractivity (Wildman–Crippen MR) is 116 cm³/mol. The minimum atomic E-state index is -0.372. The second kappa shape index (κ2) is 7.52. The number of rotatable bonds is 5. The van der Waals surface area contributed by atoms with E-state index in [1.165, 1.54) is 4.57 Å². The van der Waals surface area contributed by atoms with E-state index in [1.54, 1.807) is 52.4 Å². The molecular formula is C22H19N7O2. The van der Waals surface area contributed by atoms with Crippen LogP contribution in [0.5, 0.6) is 0 Å². The number of nitrogens with zero attached hydrogens (tertiary/aromatic N) is 6. The molecule has 0 bridgehead atoms. The zero-order chi connectivity index (χ0) is 21.4. The van der Waals surface area contributed by atoms with E-state index in [-0.39, 0.29) is 17.8 Å². The van der Waals surface area contributed by atoms with Crippen LogP contribution < -0.4 is 11.2 Å². The highest BCUT2D eigenvalue weighted by molar-refractivity contribution is 5.82. The van der Waals surface area contributed by atoms with Crippen molar-refractivity contribution < 1.29 is 0 Å². The Morgan fingerprint density at radius 1 is 0.903 bits per heavy atom. The van der Waals surface area contributed by atoms with Crippen LogP contribution in [0, 0.1) is 0 Å². The monoisotopic (exact) mass is 413 g/mol. The highest BCUT2D eigenvalue weighted by Crippen LogP contribution is 2.22. The second-order valence-electron chi connectivity index (χ2n) is 7.32. The molecule has 0 fully saturated rings. The molecule has 0 spiro atoms. The molecule has 9 heteroatoms. The number of hydrogen-bond acceptors (Lipinski definition) is 5. The third kappa shape index (κ3) is 3.46. The van der Waals surface area contributed by atoms with Crippen molar-refractivity contribution in [3.8, 4) is 11.3 Å². The molecule has 31 heavy (non-hydrogen) atoms. The minimum absolute atomic E-state index is 0.160. The van der Waals surface area contributed by atoms with Gasteiger partial charge in [0.1, 0.15) is 5.52 Å². The van der Waals surface area contributed by atoms with Gasteiger partial charge in [-0.05, 0) is 41.5 Å². The molecule has 0 amide bonds. The fourth-order valence-electron chi connectivity index (χ4n) is 3.64. The molecule has 0 aromatic carbocycles. The molecule has 5 rings (SSSR count). The average Bonchev–Trinajstić information content (AvgIpc) is 3.42. The number of pyridine rings is 2. The number of aromatic amines is 1. The van der Waals surface area contributed by atoms with Crippen molar-refractivity contribution in [1.82, 2.24) is 33.9 Å². The average molecular weight is 413 g/mol. The van der Waals surface area contributed by atoms with E-state index in [0.717, 1.165) is 22.4 Å². The first-order valence-electron chi connectivity index (χ1n) is 9.73. The molecule has 5 heterocycles. The zero-order valence-electron chi connectivity index (χ0n) is 16.8. The number of aromatic nitrogens is 7. The van der Waals surface area contributed by atoms with Gasteiger partial charge in [-0.2, -0.15) is 5.10 Å². The maximum absolute atomic E-state index is 13.4. The maximum atomic E-state index is 13.4. The molecular weight excluding hydrogens is 394 g/mol. The number of nitrogens with one attached hydrogen (secondary N) is 1. The molecule has 0 radical (unpaired) electrons. The molecule has 0 aliphatic carbocycles. The predicted octanol–water partition coefficient (Wildman–Crippen LogP) is 1.78. The van der Waals surface area contributed by atoms with Crippen LogP contribution in [0.3, 0.4) is 0 Å². The molecule has 0 atom stereocenters. The molecule has 0 unspecified atom stereocenters. The molecule has 154 valence electrons. The zero-order valence-corrected chi connectivity index (χ0v) is 16.8. The largest absolute Gasteiger partial charge is 0.349 e. The third-order valence-electron chi connectivity index (χ3n) is 5.20. The van der Waals surface area contributed by atoms with Crippen molar-refractivity contribution in [3.05, 3.63) is 99.5 Å². The van der Waals surface area contributed by atoms with E-state index < -0.39 is 0 Å². The Morgan fingerprint density at radius 2 is 1.52 bits per heavy atom. The normalized spacial score (nSPS) is 11.3. The first kappa shape index (κ1) is 18.7. The van der Waals surface area contributed by atoms with Gasteiger partial charge in [-0.15, -0.1) is 0 Å². The van der Waals surface area contributed by atoms with Gasteiger partial charge in [0.2, 0.25) is 0 Å². The maximum Gasteiger partial charge on any atom is 0.332 e. The molecule has 1 N–H and O–H groups in total. The fraction of sp³-hybridized carbons (Fsp3) is 0.136. The molecule has 0 aliphatic heterocycles. The van der Waals surface area contributed by atoms with Crippen molar-refractivity contribution in [2.75, 3.05) is 0 Å². The highest BCUT2D eigenvalue weighted by atomic mass is 16.2. The third-order valence-corrected chi connectivity index (χ3v) is 5.20. The summed E-state index contributed by atoms with van der Waals surface area (Å²) >= 11 is 0. The van der Waals surface area contributed by atoms with Crippen LogP contribution in [-0.2, 0) is 20.1 Å². The van der Waals surface area contributed by atoms with Crippen LogP contribution in [0.25, 0.3) is 22.3 Å². The van der Waals surface area contributed by atoms with Gasteiger partial charge in [-0.3, -0.25) is 28.6 Å². The molecule has 0 saturated heterocycles. The number of aryl methyl sites for hydroxylation is 1. The lowest BCUT2D eigenvalue weighted by atomic mass is 10.2. The standard InChI is InChI=1S/C22H19N7O2/c1-27-14-17(11-25-27)18-10-19-20(26-18)21(30)29(13-16-4-8-24-9-5-16)22(31)28(19)12-15-2-6-23-7-3-15/h2-11,14,26H,12-13H2,1H3. The van der Waals surface area contributed by atoms with E-state index in [2.05, 4.69) is 20.1 Å². The van der Waals surface area contributed by atoms with Gasteiger partial charge in [0.15, 0.2) is 0 Å². The molecule has 0 saturated carbocycles. The molecule has 5 aromatic heterocycles. The summed E-state index contributed by atoms with van der Waals surface area (Å²) in [6.07, 6.45) is 10.2. The lowest BCUT2D eigenvalue weighted by molar-refractivity contribution is 0.634. The Morgan fingerprint density at radius 3 is 2.10 bits per heavy atom. The van der Waals surface area contributed by atoms with Gasteiger partial charge in [-0.1, -0.05) is 0 Å². The minimum Gasteiger partial charge on any atom is -0.349 e. The smallest absolute Gasteiger partial charge is 0.332 e. The Kier molecular flexibility index (Phi) is 4.55. The Hall–Kier alpha value is -4.27. The summed E-state index contributed by atoms with van der Waals surface area (Å²) in [5, 5.41) is 4.20. The fourth-order valence-corrected chi connectivity index (χ4v) is 3.64. The van der Waals surface area contributed by atoms with Gasteiger partial charge in [-0.25, -0.2) is 4.79 Å². The quantitative estimate of drug-likeness (QED) is 0.473. The number of fused-ring (bicyclic) bond motifs is 1. The Labute approximate surface area is 176 Å². The number of H-pyrrole nitrogens is 1. The van der Waals surface area contributed by atoms with E-state index in [1.807, 2.05) is 31.4 Å². The van der Waals surface area contributed by atoms with Crippen LogP contribution in [0.15, 0.2) is 77.1 Å². The lowest BCUT2D eigenvalue weighted by Crippen LogP contribution is -2.40. The summed E-state index contributed by atoms with van der Waals surface area (Å²) in [6, 6.07) is 9.11. The SMILES string of the molecule is Cn1cc(-c2cc3c([nH]2)c(=O)n(Cc2ccncc2)c(=O)n3Cc2ccncc2)cn1. The van der Waals surface area contributed by atoms with Gasteiger partial charge in [0, 0.05) is 43.6 Å².